The fourth-order valence-electron chi connectivity index (χ4n) is 3.57. The molecule has 0 bridgehead atoms. The number of carbonyl (C=O) groups is 2. The number of ether oxygens (including phenoxy) is 3. The highest BCUT2D eigenvalue weighted by atomic mass is 16.5. The van der Waals surface area contributed by atoms with Crippen LogP contribution in [0, 0.1) is 5.92 Å². The summed E-state index contributed by atoms with van der Waals surface area (Å²) in [6.07, 6.45) is 0.0788. The molecule has 8 heteroatoms. The second-order valence-corrected chi connectivity index (χ2v) is 6.94. The van der Waals surface area contributed by atoms with E-state index >= 15 is 0 Å². The van der Waals surface area contributed by atoms with Gasteiger partial charge in [0, 0.05) is 25.1 Å². The van der Waals surface area contributed by atoms with Gasteiger partial charge in [-0.15, -0.1) is 0 Å². The molecule has 2 N–H and O–H groups in total. The topological polar surface area (TPSA) is 97.3 Å². The minimum Gasteiger partial charge on any atom is -0.493 e. The van der Waals surface area contributed by atoms with Crippen LogP contribution in [0.15, 0.2) is 42.5 Å². The molecule has 0 aromatic heterocycles. The van der Waals surface area contributed by atoms with Gasteiger partial charge in [-0.05, 0) is 5.56 Å². The highest BCUT2D eigenvalue weighted by Gasteiger charge is 2.36. The van der Waals surface area contributed by atoms with E-state index in [2.05, 4.69) is 5.32 Å². The Hall–Kier alpha value is -3.26. The van der Waals surface area contributed by atoms with Gasteiger partial charge in [0.05, 0.1) is 45.6 Å². The molecule has 1 saturated heterocycles. The van der Waals surface area contributed by atoms with Gasteiger partial charge in [0.2, 0.25) is 17.6 Å². The van der Waals surface area contributed by atoms with Crippen LogP contribution < -0.4 is 24.4 Å². The van der Waals surface area contributed by atoms with Crippen LogP contribution in [0.1, 0.15) is 18.0 Å². The zero-order valence-electron chi connectivity index (χ0n) is 17.3. The standard InChI is InChI=1S/C22H26N2O6/c1-28-18-10-16(11-19(29-2)21(18)30-3)24-12-15(9-20(24)26)22(27)23-17(13-25)14-7-5-4-6-8-14/h4-8,10-11,15,17,25H,9,12-13H2,1-3H3,(H,23,27)/t15?,17-/m1/s1. The molecule has 0 saturated carbocycles. The van der Waals surface area contributed by atoms with Gasteiger partial charge < -0.3 is 29.5 Å². The minimum atomic E-state index is -0.533. The van der Waals surface area contributed by atoms with Crippen LogP contribution in [0.5, 0.6) is 17.2 Å². The van der Waals surface area contributed by atoms with Crippen LogP contribution in [-0.2, 0) is 9.59 Å². The molecule has 2 amide bonds. The molecule has 3 rings (SSSR count). The number of aliphatic hydroxyl groups is 1. The number of amides is 2. The maximum absolute atomic E-state index is 12.8. The molecular weight excluding hydrogens is 388 g/mol. The van der Waals surface area contributed by atoms with Crippen LogP contribution in [0.3, 0.4) is 0 Å². The number of hydrogen-bond donors (Lipinski definition) is 2. The Morgan fingerprint density at radius 2 is 1.77 bits per heavy atom. The minimum absolute atomic E-state index is 0.0788. The highest BCUT2D eigenvalue weighted by Crippen LogP contribution is 2.42. The first-order chi connectivity index (χ1) is 14.5. The van der Waals surface area contributed by atoms with Crippen molar-refractivity contribution in [3.63, 3.8) is 0 Å². The molecule has 8 nitrogen and oxygen atoms in total. The summed E-state index contributed by atoms with van der Waals surface area (Å²) in [4.78, 5) is 27.0. The molecule has 0 radical (unpaired) electrons. The van der Waals surface area contributed by atoms with E-state index in [-0.39, 0.29) is 31.4 Å². The summed E-state index contributed by atoms with van der Waals surface area (Å²) >= 11 is 0. The maximum atomic E-state index is 12.8. The number of benzene rings is 2. The lowest BCUT2D eigenvalue weighted by Gasteiger charge is -2.21. The van der Waals surface area contributed by atoms with Crippen molar-refractivity contribution in [1.82, 2.24) is 5.32 Å². The highest BCUT2D eigenvalue weighted by molar-refractivity contribution is 6.00. The van der Waals surface area contributed by atoms with Crippen LogP contribution in [0.25, 0.3) is 0 Å². The van der Waals surface area contributed by atoms with E-state index in [0.29, 0.717) is 22.9 Å². The number of nitrogens with zero attached hydrogens (tertiary/aromatic N) is 1. The van der Waals surface area contributed by atoms with E-state index in [1.807, 2.05) is 30.3 Å². The van der Waals surface area contributed by atoms with Gasteiger partial charge in [-0.25, -0.2) is 0 Å². The lowest BCUT2D eigenvalue weighted by molar-refractivity contribution is -0.127. The molecule has 2 aromatic rings. The molecule has 2 aromatic carbocycles. The predicted molar refractivity (Wildman–Crippen MR) is 111 cm³/mol. The third kappa shape index (κ3) is 4.33. The van der Waals surface area contributed by atoms with E-state index in [1.54, 1.807) is 12.1 Å². The Bertz CT molecular complexity index is 877. The third-order valence-electron chi connectivity index (χ3n) is 5.16. The van der Waals surface area contributed by atoms with E-state index in [1.165, 1.54) is 26.2 Å². The van der Waals surface area contributed by atoms with Crippen molar-refractivity contribution in [3.05, 3.63) is 48.0 Å². The van der Waals surface area contributed by atoms with E-state index in [0.717, 1.165) is 5.56 Å². The SMILES string of the molecule is COc1cc(N2CC(C(=O)N[C@H](CO)c3ccccc3)CC2=O)cc(OC)c1OC. The number of rotatable bonds is 8. The average Bonchev–Trinajstić information content (AvgIpc) is 3.18. The maximum Gasteiger partial charge on any atom is 0.227 e. The first-order valence-corrected chi connectivity index (χ1v) is 9.58. The summed E-state index contributed by atoms with van der Waals surface area (Å²) in [6, 6.07) is 12.1. The van der Waals surface area contributed by atoms with Crippen molar-refractivity contribution in [3.8, 4) is 17.2 Å². The van der Waals surface area contributed by atoms with Crippen molar-refractivity contribution >= 4 is 17.5 Å². The summed E-state index contributed by atoms with van der Waals surface area (Å²) < 4.78 is 16.0. The third-order valence-corrected chi connectivity index (χ3v) is 5.16. The summed E-state index contributed by atoms with van der Waals surface area (Å²) in [5.41, 5.74) is 1.37. The lowest BCUT2D eigenvalue weighted by atomic mass is 10.0. The zero-order chi connectivity index (χ0) is 21.7. The van der Waals surface area contributed by atoms with Crippen LogP contribution in [0.4, 0.5) is 5.69 Å². The summed E-state index contributed by atoms with van der Waals surface area (Å²) in [6.45, 7) is -0.0107. The molecular formula is C22H26N2O6. The van der Waals surface area contributed by atoms with Crippen LogP contribution >= 0.6 is 0 Å². The van der Waals surface area contributed by atoms with Crippen LogP contribution in [0.2, 0.25) is 0 Å². The van der Waals surface area contributed by atoms with E-state index < -0.39 is 12.0 Å². The molecule has 0 aliphatic carbocycles. The second-order valence-electron chi connectivity index (χ2n) is 6.94. The smallest absolute Gasteiger partial charge is 0.227 e. The largest absolute Gasteiger partial charge is 0.493 e. The fraction of sp³-hybridized carbons (Fsp3) is 0.364. The molecule has 2 atom stereocenters. The van der Waals surface area contributed by atoms with Gasteiger partial charge in [-0.2, -0.15) is 0 Å². The van der Waals surface area contributed by atoms with Gasteiger partial charge in [0.15, 0.2) is 11.5 Å². The Morgan fingerprint density at radius 1 is 1.13 bits per heavy atom. The quantitative estimate of drug-likeness (QED) is 0.685. The molecule has 1 heterocycles. The summed E-state index contributed by atoms with van der Waals surface area (Å²) in [7, 11) is 4.51. The second kappa shape index (κ2) is 9.49. The molecule has 1 unspecified atom stereocenters. The van der Waals surface area contributed by atoms with Crippen molar-refractivity contribution in [2.75, 3.05) is 39.4 Å². The molecule has 1 aliphatic rings. The molecule has 160 valence electrons. The molecule has 0 spiro atoms. The number of aliphatic hydroxyl groups excluding tert-OH is 1. The number of nitrogens with one attached hydrogen (secondary N) is 1. The number of methoxy groups -OCH3 is 3. The van der Waals surface area contributed by atoms with Gasteiger partial charge in [-0.3, -0.25) is 9.59 Å². The Labute approximate surface area is 175 Å². The molecule has 1 fully saturated rings. The van der Waals surface area contributed by atoms with Crippen molar-refractivity contribution < 1.29 is 28.9 Å². The Balaban J connectivity index is 1.77. The first-order valence-electron chi connectivity index (χ1n) is 9.58. The van der Waals surface area contributed by atoms with Crippen LogP contribution in [-0.4, -0.2) is 51.4 Å². The fourth-order valence-corrected chi connectivity index (χ4v) is 3.57. The Kier molecular flexibility index (Phi) is 6.79. The van der Waals surface area contributed by atoms with Gasteiger partial charge >= 0.3 is 0 Å². The summed E-state index contributed by atoms with van der Waals surface area (Å²) in [5.74, 6) is 0.299. The first kappa shape index (κ1) is 21.4. The van der Waals surface area contributed by atoms with E-state index in [4.69, 9.17) is 14.2 Å². The average molecular weight is 414 g/mol. The van der Waals surface area contributed by atoms with Crippen molar-refractivity contribution in [1.29, 1.82) is 0 Å². The monoisotopic (exact) mass is 414 g/mol. The molecule has 30 heavy (non-hydrogen) atoms. The Morgan fingerprint density at radius 3 is 2.30 bits per heavy atom. The van der Waals surface area contributed by atoms with Gasteiger partial charge in [-0.1, -0.05) is 30.3 Å². The van der Waals surface area contributed by atoms with E-state index in [9.17, 15) is 14.7 Å². The van der Waals surface area contributed by atoms with Gasteiger partial charge in [0.25, 0.3) is 0 Å². The number of anilines is 1. The number of carbonyl (C=O) groups excluding carboxylic acids is 2. The van der Waals surface area contributed by atoms with Gasteiger partial charge in [0.1, 0.15) is 0 Å². The lowest BCUT2D eigenvalue weighted by Crippen LogP contribution is -2.37. The predicted octanol–water partition coefficient (Wildman–Crippen LogP) is 1.92. The van der Waals surface area contributed by atoms with Crippen molar-refractivity contribution in [2.24, 2.45) is 5.92 Å². The normalized spacial score (nSPS) is 16.9. The summed E-state index contributed by atoms with van der Waals surface area (Å²) in [5, 5.41) is 12.5. The molecule has 1 aliphatic heterocycles. The number of hydrogen-bond acceptors (Lipinski definition) is 6. The zero-order valence-corrected chi connectivity index (χ0v) is 17.3. The van der Waals surface area contributed by atoms with Crippen molar-refractivity contribution in [2.45, 2.75) is 12.5 Å².